The molecule has 0 spiro atoms. The first-order valence-electron chi connectivity index (χ1n) is 7.82. The Hall–Kier alpha value is -2.30. The predicted molar refractivity (Wildman–Crippen MR) is 92.5 cm³/mol. The number of hydrogen-bond acceptors (Lipinski definition) is 3. The molecule has 0 saturated heterocycles. The monoisotopic (exact) mass is 310 g/mol. The summed E-state index contributed by atoms with van der Waals surface area (Å²) in [6, 6.07) is 16.4. The zero-order chi connectivity index (χ0) is 16.1. The number of ether oxygens (including phenoxy) is 1. The van der Waals surface area contributed by atoms with E-state index in [4.69, 9.17) is 4.74 Å². The van der Waals surface area contributed by atoms with Gasteiger partial charge >= 0.3 is 0 Å². The van der Waals surface area contributed by atoms with Crippen LogP contribution in [0.3, 0.4) is 0 Å². The number of aromatic nitrogens is 1. The lowest BCUT2D eigenvalue weighted by molar-refractivity contribution is 0.183. The third kappa shape index (κ3) is 3.55. The van der Waals surface area contributed by atoms with Crippen LogP contribution in [0, 0.1) is 0 Å². The Morgan fingerprint density at radius 3 is 2.61 bits per heavy atom. The van der Waals surface area contributed by atoms with Crippen molar-refractivity contribution in [3.8, 4) is 5.75 Å². The Morgan fingerprint density at radius 2 is 1.78 bits per heavy atom. The smallest absolute Gasteiger partial charge is 0.123 e. The Morgan fingerprint density at radius 1 is 1.00 bits per heavy atom. The quantitative estimate of drug-likeness (QED) is 0.705. The van der Waals surface area contributed by atoms with Crippen molar-refractivity contribution >= 4 is 10.9 Å². The number of aliphatic hydroxyl groups is 1. The van der Waals surface area contributed by atoms with Crippen LogP contribution in [0.4, 0.5) is 0 Å². The van der Waals surface area contributed by atoms with Crippen LogP contribution in [0.1, 0.15) is 11.1 Å². The van der Waals surface area contributed by atoms with Gasteiger partial charge in [0, 0.05) is 42.3 Å². The van der Waals surface area contributed by atoms with E-state index in [1.165, 1.54) is 10.9 Å². The molecule has 0 atom stereocenters. The molecule has 1 heterocycles. The summed E-state index contributed by atoms with van der Waals surface area (Å²) in [5.74, 6) is 0.885. The van der Waals surface area contributed by atoms with E-state index in [2.05, 4.69) is 40.2 Å². The van der Waals surface area contributed by atoms with Crippen molar-refractivity contribution in [1.82, 2.24) is 9.88 Å². The van der Waals surface area contributed by atoms with E-state index >= 15 is 0 Å². The maximum absolute atomic E-state index is 9.41. The molecule has 0 aliphatic heterocycles. The summed E-state index contributed by atoms with van der Waals surface area (Å²) in [6.45, 7) is 2.29. The Balaban J connectivity index is 1.83. The number of aromatic amines is 1. The van der Waals surface area contributed by atoms with Crippen molar-refractivity contribution in [1.29, 1.82) is 0 Å². The van der Waals surface area contributed by atoms with Crippen molar-refractivity contribution in [3.63, 3.8) is 0 Å². The number of methoxy groups -OCH3 is 1. The summed E-state index contributed by atoms with van der Waals surface area (Å²) in [6.07, 6.45) is 1.96. The van der Waals surface area contributed by atoms with Gasteiger partial charge in [0.2, 0.25) is 0 Å². The molecule has 1 aromatic heterocycles. The van der Waals surface area contributed by atoms with E-state index in [0.29, 0.717) is 6.54 Å². The molecule has 3 rings (SSSR count). The van der Waals surface area contributed by atoms with E-state index < -0.39 is 0 Å². The lowest BCUT2D eigenvalue weighted by Gasteiger charge is -2.23. The van der Waals surface area contributed by atoms with Gasteiger partial charge < -0.3 is 14.8 Å². The number of aliphatic hydroxyl groups excluding tert-OH is 1. The average Bonchev–Trinajstić information content (AvgIpc) is 3.05. The van der Waals surface area contributed by atoms with Gasteiger partial charge in [-0.2, -0.15) is 0 Å². The van der Waals surface area contributed by atoms with Crippen LogP contribution >= 0.6 is 0 Å². The number of rotatable bonds is 7. The first-order valence-corrected chi connectivity index (χ1v) is 7.82. The minimum atomic E-state index is 0.137. The topological polar surface area (TPSA) is 48.5 Å². The molecule has 0 aliphatic rings. The molecule has 0 radical (unpaired) electrons. The summed E-state index contributed by atoms with van der Waals surface area (Å²) in [5.41, 5.74) is 3.53. The van der Waals surface area contributed by atoms with Crippen LogP contribution in [0.5, 0.6) is 5.75 Å². The molecule has 4 nitrogen and oxygen atoms in total. The van der Waals surface area contributed by atoms with Crippen LogP contribution < -0.4 is 4.74 Å². The van der Waals surface area contributed by atoms with Crippen LogP contribution in [0.15, 0.2) is 54.7 Å². The highest BCUT2D eigenvalue weighted by atomic mass is 16.5. The van der Waals surface area contributed by atoms with Crippen molar-refractivity contribution in [2.45, 2.75) is 13.1 Å². The Labute approximate surface area is 136 Å². The number of H-pyrrole nitrogens is 1. The molecule has 0 unspecified atom stereocenters. The highest BCUT2D eigenvalue weighted by molar-refractivity contribution is 5.82. The standard InChI is InChI=1S/C19H22N2O2/c1-23-19-8-3-2-5-16(19)14-21(11-12-22)13-15-6-4-7-18-17(15)9-10-20-18/h2-10,20,22H,11-14H2,1H3. The SMILES string of the molecule is COc1ccccc1CN(CCO)Cc1cccc2[nH]ccc12. The highest BCUT2D eigenvalue weighted by Crippen LogP contribution is 2.23. The number of nitrogens with one attached hydrogen (secondary N) is 1. The molecule has 0 bridgehead atoms. The fraction of sp³-hybridized carbons (Fsp3) is 0.263. The van der Waals surface area contributed by atoms with Gasteiger partial charge in [0.15, 0.2) is 0 Å². The second kappa shape index (κ2) is 7.31. The molecule has 120 valence electrons. The largest absolute Gasteiger partial charge is 0.496 e. The summed E-state index contributed by atoms with van der Waals surface area (Å²) in [4.78, 5) is 5.48. The molecule has 2 N–H and O–H groups in total. The lowest BCUT2D eigenvalue weighted by Crippen LogP contribution is -2.26. The van der Waals surface area contributed by atoms with Gasteiger partial charge in [-0.15, -0.1) is 0 Å². The molecule has 2 aromatic carbocycles. The molecule has 23 heavy (non-hydrogen) atoms. The van der Waals surface area contributed by atoms with Crippen LogP contribution in [-0.4, -0.2) is 35.3 Å². The van der Waals surface area contributed by atoms with Gasteiger partial charge in [0.05, 0.1) is 13.7 Å². The fourth-order valence-electron chi connectivity index (χ4n) is 2.96. The van der Waals surface area contributed by atoms with Crippen molar-refractivity contribution in [2.75, 3.05) is 20.3 Å². The molecule has 3 aromatic rings. The van der Waals surface area contributed by atoms with Gasteiger partial charge in [0.1, 0.15) is 5.75 Å². The van der Waals surface area contributed by atoms with Gasteiger partial charge in [0.25, 0.3) is 0 Å². The minimum Gasteiger partial charge on any atom is -0.496 e. The molecule has 0 amide bonds. The van der Waals surface area contributed by atoms with E-state index in [1.54, 1.807) is 7.11 Å². The zero-order valence-corrected chi connectivity index (χ0v) is 13.3. The van der Waals surface area contributed by atoms with Gasteiger partial charge in [-0.1, -0.05) is 30.3 Å². The fourth-order valence-corrected chi connectivity index (χ4v) is 2.96. The number of para-hydroxylation sites is 1. The number of benzene rings is 2. The second-order valence-corrected chi connectivity index (χ2v) is 5.60. The highest BCUT2D eigenvalue weighted by Gasteiger charge is 2.12. The van der Waals surface area contributed by atoms with Crippen molar-refractivity contribution < 1.29 is 9.84 Å². The summed E-state index contributed by atoms with van der Waals surface area (Å²) < 4.78 is 5.44. The molecular weight excluding hydrogens is 288 g/mol. The zero-order valence-electron chi connectivity index (χ0n) is 13.3. The first-order chi connectivity index (χ1) is 11.3. The third-order valence-corrected chi connectivity index (χ3v) is 4.08. The number of hydrogen-bond donors (Lipinski definition) is 2. The Bertz CT molecular complexity index is 767. The summed E-state index contributed by atoms with van der Waals surface area (Å²) in [5, 5.41) is 10.6. The average molecular weight is 310 g/mol. The van der Waals surface area contributed by atoms with Crippen molar-refractivity contribution in [3.05, 3.63) is 65.9 Å². The molecule has 0 aliphatic carbocycles. The molecule has 0 saturated carbocycles. The van der Waals surface area contributed by atoms with E-state index in [1.807, 2.05) is 24.4 Å². The van der Waals surface area contributed by atoms with Crippen molar-refractivity contribution in [2.24, 2.45) is 0 Å². The second-order valence-electron chi connectivity index (χ2n) is 5.60. The van der Waals surface area contributed by atoms with Crippen LogP contribution in [0.2, 0.25) is 0 Å². The summed E-state index contributed by atoms with van der Waals surface area (Å²) >= 11 is 0. The van der Waals surface area contributed by atoms with E-state index in [9.17, 15) is 5.11 Å². The lowest BCUT2D eigenvalue weighted by atomic mass is 10.1. The minimum absolute atomic E-state index is 0.137. The van der Waals surface area contributed by atoms with Crippen LogP contribution in [-0.2, 0) is 13.1 Å². The number of fused-ring (bicyclic) bond motifs is 1. The normalized spacial score (nSPS) is 11.3. The molecule has 0 fully saturated rings. The van der Waals surface area contributed by atoms with E-state index in [-0.39, 0.29) is 6.61 Å². The molecule has 4 heteroatoms. The maximum Gasteiger partial charge on any atom is 0.123 e. The third-order valence-electron chi connectivity index (χ3n) is 4.08. The summed E-state index contributed by atoms with van der Waals surface area (Å²) in [7, 11) is 1.69. The van der Waals surface area contributed by atoms with Crippen LogP contribution in [0.25, 0.3) is 10.9 Å². The predicted octanol–water partition coefficient (Wildman–Crippen LogP) is 3.17. The van der Waals surface area contributed by atoms with Gasteiger partial charge in [-0.3, -0.25) is 4.90 Å². The molecular formula is C19H22N2O2. The number of nitrogens with zero attached hydrogens (tertiary/aromatic N) is 1. The Kier molecular flexibility index (Phi) is 4.95. The first kappa shape index (κ1) is 15.6. The van der Waals surface area contributed by atoms with E-state index in [0.717, 1.165) is 29.9 Å². The maximum atomic E-state index is 9.41. The van der Waals surface area contributed by atoms with Gasteiger partial charge in [-0.05, 0) is 23.8 Å². The van der Waals surface area contributed by atoms with Gasteiger partial charge in [-0.25, -0.2) is 0 Å².